The van der Waals surface area contributed by atoms with Crippen molar-refractivity contribution in [2.24, 2.45) is 5.14 Å². The fraction of sp³-hybridized carbons (Fsp3) is 0.182. The summed E-state index contributed by atoms with van der Waals surface area (Å²) in [6.07, 6.45) is 7.41. The number of hydrogen-bond donors (Lipinski definition) is 3. The number of primary sulfonamides is 1. The fourth-order valence-corrected chi connectivity index (χ4v) is 3.18. The molecular weight excluding hydrogens is 433 g/mol. The van der Waals surface area contributed by atoms with Gasteiger partial charge in [0.25, 0.3) is 0 Å². The van der Waals surface area contributed by atoms with Crippen molar-refractivity contribution in [1.82, 2.24) is 14.4 Å². The summed E-state index contributed by atoms with van der Waals surface area (Å²) in [4.78, 5) is 8.93. The number of rotatable bonds is 6. The topological polar surface area (TPSA) is 123 Å². The van der Waals surface area contributed by atoms with Gasteiger partial charge in [0.05, 0.1) is 10.6 Å². The van der Waals surface area contributed by atoms with E-state index >= 15 is 0 Å². The zero-order chi connectivity index (χ0) is 23.9. The van der Waals surface area contributed by atoms with Crippen LogP contribution in [0.3, 0.4) is 0 Å². The van der Waals surface area contributed by atoms with Crippen LogP contribution in [0.2, 0.25) is 0 Å². The Morgan fingerprint density at radius 1 is 1.31 bits per heavy atom. The Hall–Kier alpha value is -3.50. The van der Waals surface area contributed by atoms with Gasteiger partial charge in [-0.15, -0.1) is 0 Å². The number of aromatic nitrogens is 3. The zero-order valence-electron chi connectivity index (χ0n) is 18.1. The maximum absolute atomic E-state index is 12.2. The number of nitrogens with one attached hydrogen (secondary N) is 1. The summed E-state index contributed by atoms with van der Waals surface area (Å²) in [5.41, 5.74) is 3.59. The summed E-state index contributed by atoms with van der Waals surface area (Å²) in [5.74, 6) is -0.323. The number of aliphatic hydroxyl groups is 1. The summed E-state index contributed by atoms with van der Waals surface area (Å²) in [6.45, 7) is 9.20. The van der Waals surface area contributed by atoms with E-state index in [2.05, 4.69) is 21.9 Å². The average molecular weight is 460 g/mol. The van der Waals surface area contributed by atoms with Crippen molar-refractivity contribution >= 4 is 21.5 Å². The number of aryl methyl sites for hydroxylation is 2. The van der Waals surface area contributed by atoms with Crippen LogP contribution in [-0.2, 0) is 16.6 Å². The molecule has 1 aromatic carbocycles. The molecule has 0 amide bonds. The summed E-state index contributed by atoms with van der Waals surface area (Å²) in [6, 6.07) is 6.42. The Balaban J connectivity index is 0.000000344. The molecule has 8 nitrogen and oxygen atoms in total. The summed E-state index contributed by atoms with van der Waals surface area (Å²) >= 11 is 0. The normalized spacial score (nSPS) is 12.3. The summed E-state index contributed by atoms with van der Waals surface area (Å²) in [7, 11) is -3.66. The van der Waals surface area contributed by atoms with Crippen molar-refractivity contribution in [3.63, 3.8) is 0 Å². The molecule has 0 bridgehead atoms. The summed E-state index contributed by atoms with van der Waals surface area (Å²) < 4.78 is 36.7. The molecule has 2 heterocycles. The van der Waals surface area contributed by atoms with Gasteiger partial charge in [0.2, 0.25) is 10.0 Å². The van der Waals surface area contributed by atoms with Crippen molar-refractivity contribution in [2.45, 2.75) is 32.2 Å². The SMILES string of the molecule is C=C/C=C(O)\C(F)=C/C.Cc1cn2c(C)cnc2c(NCc2ccc(S(N)(=O)=O)cc2)n1. The minimum absolute atomic E-state index is 0.0983. The van der Waals surface area contributed by atoms with Gasteiger partial charge >= 0.3 is 0 Å². The van der Waals surface area contributed by atoms with Crippen LogP contribution in [0.15, 0.2) is 77.9 Å². The maximum atomic E-state index is 12.2. The molecule has 0 aliphatic rings. The lowest BCUT2D eigenvalue weighted by Crippen LogP contribution is -2.12. The first-order valence-corrected chi connectivity index (χ1v) is 11.1. The van der Waals surface area contributed by atoms with E-state index in [1.165, 1.54) is 37.3 Å². The molecule has 32 heavy (non-hydrogen) atoms. The number of nitrogens with zero attached hydrogens (tertiary/aromatic N) is 3. The molecular formula is C22H26FN5O3S. The van der Waals surface area contributed by atoms with E-state index in [1.807, 2.05) is 24.4 Å². The predicted molar refractivity (Wildman–Crippen MR) is 123 cm³/mol. The minimum atomic E-state index is -3.66. The van der Waals surface area contributed by atoms with Crippen LogP contribution in [0.4, 0.5) is 10.2 Å². The molecule has 0 aliphatic heterocycles. The largest absolute Gasteiger partial charge is 0.505 e. The molecule has 10 heteroatoms. The highest BCUT2D eigenvalue weighted by molar-refractivity contribution is 7.89. The molecule has 0 aliphatic carbocycles. The molecule has 3 rings (SSSR count). The van der Waals surface area contributed by atoms with Gasteiger partial charge in [-0.2, -0.15) is 0 Å². The van der Waals surface area contributed by atoms with E-state index < -0.39 is 15.9 Å². The van der Waals surface area contributed by atoms with E-state index in [9.17, 15) is 12.8 Å². The van der Waals surface area contributed by atoms with Crippen LogP contribution in [0.5, 0.6) is 0 Å². The van der Waals surface area contributed by atoms with Crippen molar-refractivity contribution in [3.05, 3.63) is 90.0 Å². The van der Waals surface area contributed by atoms with Crippen LogP contribution in [0.25, 0.3) is 5.65 Å². The quantitative estimate of drug-likeness (QED) is 0.377. The predicted octanol–water partition coefficient (Wildman–Crippen LogP) is 4.09. The number of aliphatic hydroxyl groups excluding tert-OH is 1. The molecule has 0 radical (unpaired) electrons. The molecule has 0 spiro atoms. The van der Waals surface area contributed by atoms with Gasteiger partial charge in [-0.25, -0.2) is 27.9 Å². The van der Waals surface area contributed by atoms with Crippen molar-refractivity contribution in [1.29, 1.82) is 0 Å². The van der Waals surface area contributed by atoms with E-state index in [4.69, 9.17) is 10.2 Å². The van der Waals surface area contributed by atoms with Crippen LogP contribution >= 0.6 is 0 Å². The first-order chi connectivity index (χ1) is 15.1. The van der Waals surface area contributed by atoms with Crippen molar-refractivity contribution in [3.8, 4) is 0 Å². The Morgan fingerprint density at radius 2 is 1.97 bits per heavy atom. The number of benzene rings is 1. The monoisotopic (exact) mass is 459 g/mol. The standard InChI is InChI=1S/C15H17N5O2S.C7H9FO/c1-10-9-20-11(2)7-18-15(20)14(19-10)17-8-12-3-5-13(6-4-12)23(16,21)22;1-3-5-7(9)6(8)4-2/h3-7,9H,8H2,1-2H3,(H,17,19)(H2,16,21,22);3-5,9H,1H2,2H3/b;6-4+,7-5+. The van der Waals surface area contributed by atoms with Gasteiger partial charge in [0.1, 0.15) is 0 Å². The number of anilines is 1. The third-order valence-corrected chi connectivity index (χ3v) is 5.21. The molecule has 4 N–H and O–H groups in total. The number of hydrogen-bond acceptors (Lipinski definition) is 6. The van der Waals surface area contributed by atoms with Gasteiger partial charge in [-0.3, -0.25) is 4.40 Å². The number of allylic oxidation sites excluding steroid dienone is 4. The van der Waals surface area contributed by atoms with E-state index in [0.717, 1.165) is 22.6 Å². The molecule has 0 atom stereocenters. The van der Waals surface area contributed by atoms with Crippen molar-refractivity contribution in [2.75, 3.05) is 5.32 Å². The van der Waals surface area contributed by atoms with Gasteiger partial charge in [-0.05, 0) is 50.6 Å². The maximum Gasteiger partial charge on any atom is 0.238 e. The first-order valence-electron chi connectivity index (χ1n) is 9.57. The third kappa shape index (κ3) is 6.50. The lowest BCUT2D eigenvalue weighted by Gasteiger charge is -2.09. The number of imidazole rings is 1. The van der Waals surface area contributed by atoms with E-state index in [-0.39, 0.29) is 10.7 Å². The second kappa shape index (κ2) is 10.7. The highest BCUT2D eigenvalue weighted by atomic mass is 32.2. The van der Waals surface area contributed by atoms with Gasteiger partial charge < -0.3 is 10.4 Å². The number of nitrogens with two attached hydrogens (primary N) is 1. The molecule has 170 valence electrons. The Morgan fingerprint density at radius 3 is 2.53 bits per heavy atom. The van der Waals surface area contributed by atoms with Gasteiger partial charge in [0, 0.05) is 24.6 Å². The lowest BCUT2D eigenvalue weighted by molar-refractivity contribution is 0.389. The fourth-order valence-electron chi connectivity index (χ4n) is 2.67. The Labute approximate surface area is 186 Å². The zero-order valence-corrected chi connectivity index (χ0v) is 18.9. The van der Waals surface area contributed by atoms with Crippen LogP contribution in [-0.4, -0.2) is 27.9 Å². The third-order valence-electron chi connectivity index (χ3n) is 4.28. The van der Waals surface area contributed by atoms with Gasteiger partial charge in [0.15, 0.2) is 23.1 Å². The molecule has 3 aromatic rings. The smallest absolute Gasteiger partial charge is 0.238 e. The van der Waals surface area contributed by atoms with Crippen molar-refractivity contribution < 1.29 is 17.9 Å². The Kier molecular flexibility index (Phi) is 8.27. The van der Waals surface area contributed by atoms with E-state index in [0.29, 0.717) is 12.4 Å². The Bertz CT molecular complexity index is 1260. The molecule has 0 unspecified atom stereocenters. The van der Waals surface area contributed by atoms with Crippen LogP contribution < -0.4 is 10.5 Å². The van der Waals surface area contributed by atoms with Gasteiger partial charge in [-0.1, -0.05) is 24.8 Å². The number of sulfonamides is 1. The van der Waals surface area contributed by atoms with Crippen LogP contribution in [0.1, 0.15) is 23.9 Å². The second-order valence-corrected chi connectivity index (χ2v) is 8.35. The highest BCUT2D eigenvalue weighted by Crippen LogP contribution is 2.17. The van der Waals surface area contributed by atoms with E-state index in [1.54, 1.807) is 18.3 Å². The highest BCUT2D eigenvalue weighted by Gasteiger charge is 2.09. The molecule has 2 aromatic heterocycles. The number of halogens is 1. The van der Waals surface area contributed by atoms with Crippen LogP contribution in [0, 0.1) is 13.8 Å². The molecule has 0 fully saturated rings. The summed E-state index contributed by atoms with van der Waals surface area (Å²) in [5, 5.41) is 17.0. The minimum Gasteiger partial charge on any atom is -0.505 e. The second-order valence-electron chi connectivity index (χ2n) is 6.79. The first kappa shape index (κ1) is 24.8. The molecule has 0 saturated heterocycles. The lowest BCUT2D eigenvalue weighted by atomic mass is 10.2. The molecule has 0 saturated carbocycles. The number of fused-ring (bicyclic) bond motifs is 1. The average Bonchev–Trinajstić information content (AvgIpc) is 3.12.